The Bertz CT molecular complexity index is 185. The molecule has 0 aliphatic carbocycles. The Hall–Kier alpha value is -0.300. The maximum absolute atomic E-state index is 5.50. The van der Waals surface area contributed by atoms with E-state index in [4.69, 9.17) is 4.74 Å². The van der Waals surface area contributed by atoms with E-state index in [2.05, 4.69) is 34.3 Å². The predicted molar refractivity (Wildman–Crippen MR) is 52.2 cm³/mol. The molecule has 0 amide bonds. The topological polar surface area (TPSA) is 12.5 Å². The monoisotopic (exact) mass is 168 g/mol. The third-order valence-corrected chi connectivity index (χ3v) is 3.16. The fourth-order valence-corrected chi connectivity index (χ4v) is 1.38. The second-order valence-corrected chi connectivity index (χ2v) is 4.36. The van der Waals surface area contributed by atoms with Crippen LogP contribution < -0.4 is 0 Å². The molecule has 70 valence electrons. The second kappa shape index (κ2) is 3.21. The standard InChI is InChI=1S/C11H20O/c1-8(2)9(3)6-7-11(5)10(4)12-11/h9-10H,1,6-7H2,2-5H3/t9-,10?,11+/m0/s1. The molecule has 0 aromatic carbocycles. The van der Waals surface area contributed by atoms with Crippen LogP contribution in [0.4, 0.5) is 0 Å². The van der Waals surface area contributed by atoms with E-state index in [1.165, 1.54) is 18.4 Å². The average molecular weight is 168 g/mol. The van der Waals surface area contributed by atoms with Crippen LogP contribution in [0.15, 0.2) is 12.2 Å². The molecule has 1 saturated heterocycles. The highest BCUT2D eigenvalue weighted by Gasteiger charge is 2.47. The lowest BCUT2D eigenvalue weighted by atomic mass is 9.92. The number of hydrogen-bond acceptors (Lipinski definition) is 1. The molecule has 3 atom stereocenters. The van der Waals surface area contributed by atoms with Crippen LogP contribution >= 0.6 is 0 Å². The fraction of sp³-hybridized carbons (Fsp3) is 0.818. The van der Waals surface area contributed by atoms with Gasteiger partial charge in [0.25, 0.3) is 0 Å². The van der Waals surface area contributed by atoms with E-state index in [0.29, 0.717) is 12.0 Å². The molecule has 0 saturated carbocycles. The van der Waals surface area contributed by atoms with Crippen molar-refractivity contribution < 1.29 is 4.74 Å². The van der Waals surface area contributed by atoms with Crippen molar-refractivity contribution in [1.82, 2.24) is 0 Å². The van der Waals surface area contributed by atoms with Gasteiger partial charge in [-0.25, -0.2) is 0 Å². The van der Waals surface area contributed by atoms with Crippen molar-refractivity contribution in [2.45, 2.75) is 52.2 Å². The first kappa shape index (κ1) is 9.79. The van der Waals surface area contributed by atoms with Gasteiger partial charge in [-0.2, -0.15) is 0 Å². The third-order valence-electron chi connectivity index (χ3n) is 3.16. The van der Waals surface area contributed by atoms with Crippen LogP contribution in [0.1, 0.15) is 40.5 Å². The van der Waals surface area contributed by atoms with Gasteiger partial charge < -0.3 is 4.74 Å². The van der Waals surface area contributed by atoms with Crippen LogP contribution in [0.3, 0.4) is 0 Å². The zero-order chi connectivity index (χ0) is 9.35. The first-order valence-electron chi connectivity index (χ1n) is 4.79. The van der Waals surface area contributed by atoms with E-state index in [0.717, 1.165) is 0 Å². The van der Waals surface area contributed by atoms with Crippen LogP contribution in [0.2, 0.25) is 0 Å². The maximum atomic E-state index is 5.50. The summed E-state index contributed by atoms with van der Waals surface area (Å²) in [4.78, 5) is 0. The summed E-state index contributed by atoms with van der Waals surface area (Å²) in [6, 6.07) is 0. The summed E-state index contributed by atoms with van der Waals surface area (Å²) in [5, 5.41) is 0. The highest BCUT2D eigenvalue weighted by Crippen LogP contribution is 2.40. The van der Waals surface area contributed by atoms with Gasteiger partial charge in [0.05, 0.1) is 11.7 Å². The highest BCUT2D eigenvalue weighted by atomic mass is 16.6. The van der Waals surface area contributed by atoms with E-state index < -0.39 is 0 Å². The summed E-state index contributed by atoms with van der Waals surface area (Å²) >= 11 is 0. The van der Waals surface area contributed by atoms with Gasteiger partial charge in [-0.15, -0.1) is 0 Å². The van der Waals surface area contributed by atoms with Crippen LogP contribution in [0, 0.1) is 5.92 Å². The predicted octanol–water partition coefficient (Wildman–Crippen LogP) is 3.16. The minimum atomic E-state index is 0.184. The largest absolute Gasteiger partial charge is 0.367 e. The van der Waals surface area contributed by atoms with Crippen LogP contribution in [0.25, 0.3) is 0 Å². The summed E-state index contributed by atoms with van der Waals surface area (Å²) in [5.41, 5.74) is 1.47. The molecule has 1 aliphatic heterocycles. The molecular weight excluding hydrogens is 148 g/mol. The third kappa shape index (κ3) is 2.10. The van der Waals surface area contributed by atoms with Gasteiger partial charge in [-0.05, 0) is 39.5 Å². The molecule has 0 spiro atoms. The summed E-state index contributed by atoms with van der Waals surface area (Å²) in [7, 11) is 0. The van der Waals surface area contributed by atoms with Crippen molar-refractivity contribution in [3.05, 3.63) is 12.2 Å². The van der Waals surface area contributed by atoms with Crippen LogP contribution in [0.5, 0.6) is 0 Å². The van der Waals surface area contributed by atoms with E-state index in [9.17, 15) is 0 Å². The quantitative estimate of drug-likeness (QED) is 0.464. The van der Waals surface area contributed by atoms with Gasteiger partial charge in [0.15, 0.2) is 0 Å². The Balaban J connectivity index is 2.22. The number of epoxide rings is 1. The van der Waals surface area contributed by atoms with Gasteiger partial charge in [0, 0.05) is 0 Å². The lowest BCUT2D eigenvalue weighted by molar-refractivity contribution is 0.288. The minimum Gasteiger partial charge on any atom is -0.367 e. The molecule has 0 aromatic rings. The van der Waals surface area contributed by atoms with Crippen molar-refractivity contribution in [3.63, 3.8) is 0 Å². The molecule has 1 heterocycles. The zero-order valence-electron chi connectivity index (χ0n) is 8.68. The second-order valence-electron chi connectivity index (χ2n) is 4.36. The summed E-state index contributed by atoms with van der Waals surface area (Å²) in [5.74, 6) is 0.637. The lowest BCUT2D eigenvalue weighted by Gasteiger charge is -2.12. The van der Waals surface area contributed by atoms with Crippen molar-refractivity contribution in [2.24, 2.45) is 5.92 Å². The normalized spacial score (nSPS) is 36.2. The molecule has 1 unspecified atom stereocenters. The lowest BCUT2D eigenvalue weighted by Crippen LogP contribution is -2.10. The summed E-state index contributed by atoms with van der Waals surface area (Å²) in [6.45, 7) is 12.6. The molecule has 12 heavy (non-hydrogen) atoms. The zero-order valence-corrected chi connectivity index (χ0v) is 8.68. The van der Waals surface area contributed by atoms with Gasteiger partial charge in [-0.1, -0.05) is 19.1 Å². The smallest absolute Gasteiger partial charge is 0.0917 e. The van der Waals surface area contributed by atoms with Gasteiger partial charge in [0.2, 0.25) is 0 Å². The van der Waals surface area contributed by atoms with Crippen molar-refractivity contribution >= 4 is 0 Å². The fourth-order valence-electron chi connectivity index (χ4n) is 1.38. The maximum Gasteiger partial charge on any atom is 0.0917 e. The molecule has 0 radical (unpaired) electrons. The Morgan fingerprint density at radius 3 is 2.50 bits per heavy atom. The van der Waals surface area contributed by atoms with E-state index in [-0.39, 0.29) is 5.60 Å². The molecule has 0 bridgehead atoms. The number of ether oxygens (including phenoxy) is 1. The number of allylic oxidation sites excluding steroid dienone is 1. The van der Waals surface area contributed by atoms with E-state index in [1.807, 2.05) is 0 Å². The van der Waals surface area contributed by atoms with Gasteiger partial charge >= 0.3 is 0 Å². The van der Waals surface area contributed by atoms with Crippen LogP contribution in [-0.2, 0) is 4.74 Å². The Kier molecular flexibility index (Phi) is 2.62. The Labute approximate surface area is 75.8 Å². The molecule has 0 N–H and O–H groups in total. The Morgan fingerprint density at radius 2 is 2.17 bits per heavy atom. The van der Waals surface area contributed by atoms with Crippen molar-refractivity contribution in [1.29, 1.82) is 0 Å². The van der Waals surface area contributed by atoms with Crippen molar-refractivity contribution in [2.75, 3.05) is 0 Å². The molecular formula is C11H20O. The average Bonchev–Trinajstić information content (AvgIpc) is 2.56. The number of hydrogen-bond donors (Lipinski definition) is 0. The van der Waals surface area contributed by atoms with Crippen LogP contribution in [-0.4, -0.2) is 11.7 Å². The molecule has 0 aromatic heterocycles. The summed E-state index contributed by atoms with van der Waals surface area (Å²) < 4.78 is 5.50. The molecule has 1 nitrogen and oxygen atoms in total. The first-order chi connectivity index (χ1) is 5.46. The van der Waals surface area contributed by atoms with E-state index >= 15 is 0 Å². The van der Waals surface area contributed by atoms with Gasteiger partial charge in [0.1, 0.15) is 0 Å². The van der Waals surface area contributed by atoms with Crippen molar-refractivity contribution in [3.8, 4) is 0 Å². The SMILES string of the molecule is C=C(C)[C@@H](C)CC[C@@]1(C)OC1C. The highest BCUT2D eigenvalue weighted by molar-refractivity contribution is 4.99. The van der Waals surface area contributed by atoms with E-state index in [1.54, 1.807) is 0 Å². The Morgan fingerprint density at radius 1 is 1.67 bits per heavy atom. The first-order valence-corrected chi connectivity index (χ1v) is 4.79. The molecule has 1 heteroatoms. The summed E-state index contributed by atoms with van der Waals surface area (Å²) in [6.07, 6.45) is 2.84. The molecule has 1 aliphatic rings. The minimum absolute atomic E-state index is 0.184. The number of rotatable bonds is 4. The molecule has 1 rings (SSSR count). The molecule has 1 fully saturated rings. The van der Waals surface area contributed by atoms with Gasteiger partial charge in [-0.3, -0.25) is 0 Å².